The van der Waals surface area contributed by atoms with Crippen molar-refractivity contribution in [2.75, 3.05) is 0 Å². The number of hydrogen-bond donors (Lipinski definition) is 0. The largest absolute Gasteiger partial charge is 2.00 e. The molecule has 0 spiro atoms. The Bertz CT molecular complexity index is 1990. The van der Waals surface area contributed by atoms with Crippen LogP contribution in [0.4, 0.5) is 0 Å². The van der Waals surface area contributed by atoms with Crippen molar-refractivity contribution < 1.29 is 118 Å². The van der Waals surface area contributed by atoms with Crippen LogP contribution in [0.1, 0.15) is 62.1 Å². The molecule has 288 valence electrons. The second-order valence-corrected chi connectivity index (χ2v) is 10.3. The molecule has 18 nitrogen and oxygen atoms in total. The number of aromatic nitrogens is 6. The molecule has 0 N–H and O–H groups in total. The summed E-state index contributed by atoms with van der Waals surface area (Å²) in [6.45, 7) is 0. The molecule has 6 heterocycles. The van der Waals surface area contributed by atoms with Gasteiger partial charge in [-0.15, -0.1) is 0 Å². The summed E-state index contributed by atoms with van der Waals surface area (Å²) in [5, 5.41) is 64.2. The van der Waals surface area contributed by atoms with Gasteiger partial charge in [-0.05, 0) is 72.8 Å². The number of carboxylic acid groups (broad SMARTS) is 6. The first-order valence-electron chi connectivity index (χ1n) is 14.8. The Morgan fingerprint density at radius 3 is 0.509 bits per heavy atom. The van der Waals surface area contributed by atoms with Crippen molar-refractivity contribution >= 4 is 35.8 Å². The molecule has 0 fully saturated rings. The summed E-state index contributed by atoms with van der Waals surface area (Å²) in [7, 11) is 0. The molecule has 0 atom stereocenters. The van der Waals surface area contributed by atoms with Crippen LogP contribution < -0.4 is 30.6 Å². The Balaban J connectivity index is 0.000000417. The van der Waals surface area contributed by atoms with Crippen LogP contribution in [0.2, 0.25) is 0 Å². The molecule has 0 bridgehead atoms. The topological polar surface area (TPSA) is 318 Å². The van der Waals surface area contributed by atoms with Gasteiger partial charge in [-0.2, -0.15) is 0 Å². The third-order valence-electron chi connectivity index (χ3n) is 6.76. The molecule has 0 saturated heterocycles. The molecule has 0 saturated carbocycles. The predicted molar refractivity (Wildman–Crippen MR) is 168 cm³/mol. The molecule has 0 aliphatic carbocycles. The van der Waals surface area contributed by atoms with Gasteiger partial charge in [0.15, 0.2) is 0 Å². The van der Waals surface area contributed by atoms with Crippen molar-refractivity contribution in [2.24, 2.45) is 0 Å². The molecule has 0 unspecified atom stereocenters. The molecule has 0 aliphatic heterocycles. The fourth-order valence-electron chi connectivity index (χ4n) is 4.19. The second kappa shape index (κ2) is 22.8. The summed E-state index contributed by atoms with van der Waals surface area (Å²) in [4.78, 5) is 87.7. The minimum atomic E-state index is -1.34. The molecule has 0 aromatic carbocycles. The third kappa shape index (κ3) is 14.0. The van der Waals surface area contributed by atoms with Crippen molar-refractivity contribution in [1.82, 2.24) is 29.9 Å². The standard InChI is InChI=1S/3C12H8N2O4.3Ru/c3*15-11(16)7-1-3-13-9(5-7)10-6-8(12(17)18)2-4-14-10;;;/h3*1-6H,(H,15,16)(H,17,18);;;/q;;;3*+2/p-6. The van der Waals surface area contributed by atoms with E-state index >= 15 is 0 Å². The molecular weight excluding hydrogens is 1010 g/mol. The maximum Gasteiger partial charge on any atom is 2.00 e. The van der Waals surface area contributed by atoms with Crippen LogP contribution in [-0.2, 0) is 58.4 Å². The van der Waals surface area contributed by atoms with Gasteiger partial charge in [-0.3, -0.25) is 29.9 Å². The van der Waals surface area contributed by atoms with E-state index in [0.29, 0.717) is 0 Å². The number of pyridine rings is 6. The van der Waals surface area contributed by atoms with Crippen LogP contribution in [0.15, 0.2) is 110 Å². The van der Waals surface area contributed by atoms with E-state index in [-0.39, 0.29) is 126 Å². The summed E-state index contributed by atoms with van der Waals surface area (Å²) in [5.74, 6) is -8.03. The van der Waals surface area contributed by atoms with E-state index < -0.39 is 35.8 Å². The number of carbonyl (C=O) groups excluding carboxylic acids is 6. The van der Waals surface area contributed by atoms with E-state index in [2.05, 4.69) is 29.9 Å². The van der Waals surface area contributed by atoms with E-state index in [0.717, 1.165) is 0 Å². The first-order chi connectivity index (χ1) is 25.7. The predicted octanol–water partition coefficient (Wildman–Crippen LogP) is -3.40. The zero-order valence-corrected chi connectivity index (χ0v) is 33.2. The van der Waals surface area contributed by atoms with Crippen LogP contribution in [0.3, 0.4) is 0 Å². The monoisotopic (exact) mass is 1030 g/mol. The average molecular weight is 1030 g/mol. The summed E-state index contributed by atoms with van der Waals surface area (Å²) < 4.78 is 0. The van der Waals surface area contributed by atoms with Crippen LogP contribution in [0, 0.1) is 0 Å². The van der Waals surface area contributed by atoms with E-state index in [9.17, 15) is 59.4 Å². The first kappa shape index (κ1) is 48.6. The first-order valence-corrected chi connectivity index (χ1v) is 14.8. The van der Waals surface area contributed by atoms with Gasteiger partial charge in [0.1, 0.15) is 0 Å². The Hall–Kier alpha value is -6.41. The molecule has 21 heteroatoms. The molecule has 0 amide bonds. The summed E-state index contributed by atoms with van der Waals surface area (Å²) in [6.07, 6.45) is 7.71. The Labute approximate surface area is 359 Å². The van der Waals surface area contributed by atoms with Gasteiger partial charge in [0, 0.05) is 70.6 Å². The van der Waals surface area contributed by atoms with Crippen molar-refractivity contribution in [3.8, 4) is 34.2 Å². The minimum Gasteiger partial charge on any atom is -0.545 e. The maximum atomic E-state index is 10.7. The third-order valence-corrected chi connectivity index (χ3v) is 6.76. The average Bonchev–Trinajstić information content (AvgIpc) is 3.18. The van der Waals surface area contributed by atoms with Crippen LogP contribution in [0.5, 0.6) is 0 Å². The van der Waals surface area contributed by atoms with Gasteiger partial charge >= 0.3 is 58.4 Å². The molecule has 57 heavy (non-hydrogen) atoms. The van der Waals surface area contributed by atoms with Crippen molar-refractivity contribution in [3.63, 3.8) is 0 Å². The van der Waals surface area contributed by atoms with Crippen LogP contribution in [0.25, 0.3) is 34.2 Å². The van der Waals surface area contributed by atoms with Crippen LogP contribution >= 0.6 is 0 Å². The van der Waals surface area contributed by atoms with Crippen molar-refractivity contribution in [1.29, 1.82) is 0 Å². The summed E-state index contributed by atoms with van der Waals surface area (Å²) in [6, 6.07) is 15.2. The second-order valence-electron chi connectivity index (χ2n) is 10.3. The molecule has 0 aliphatic rings. The SMILES string of the molecule is O=C([O-])c1ccnc(-c2cc(C(=O)[O-])ccn2)c1.O=C([O-])c1ccnc(-c2cc(C(=O)[O-])ccn2)c1.O=C([O-])c1ccnc(-c2cc(C(=O)[O-])ccn2)c1.[Ru+2].[Ru+2].[Ru+2]. The van der Waals surface area contributed by atoms with E-state index in [1.807, 2.05) is 0 Å². The summed E-state index contributed by atoms with van der Waals surface area (Å²) in [5.41, 5.74) is 1.17. The van der Waals surface area contributed by atoms with Crippen molar-refractivity contribution in [2.45, 2.75) is 0 Å². The smallest absolute Gasteiger partial charge is 0.545 e. The van der Waals surface area contributed by atoms with Gasteiger partial charge in [-0.1, -0.05) is 0 Å². The Morgan fingerprint density at radius 1 is 0.281 bits per heavy atom. The zero-order valence-electron chi connectivity index (χ0n) is 28.0. The Kier molecular flexibility index (Phi) is 19.5. The van der Waals surface area contributed by atoms with Gasteiger partial charge in [0.2, 0.25) is 0 Å². The minimum absolute atomic E-state index is 0. The fraction of sp³-hybridized carbons (Fsp3) is 0. The molecule has 6 aromatic rings. The van der Waals surface area contributed by atoms with Gasteiger partial charge in [0.05, 0.1) is 70.0 Å². The Morgan fingerprint density at radius 2 is 0.404 bits per heavy atom. The normalized spacial score (nSPS) is 9.47. The number of carboxylic acids is 6. The quantitative estimate of drug-likeness (QED) is 0.127. The molecule has 6 rings (SSSR count). The summed E-state index contributed by atoms with van der Waals surface area (Å²) >= 11 is 0. The zero-order chi connectivity index (χ0) is 39.4. The van der Waals surface area contributed by atoms with E-state index in [1.54, 1.807) is 0 Å². The molecular formula is C36H18N6O12Ru3. The number of nitrogens with zero attached hydrogens (tertiary/aromatic N) is 6. The fourth-order valence-corrected chi connectivity index (χ4v) is 4.19. The molecule has 0 radical (unpaired) electrons. The number of hydrogen-bond acceptors (Lipinski definition) is 18. The number of rotatable bonds is 9. The number of carbonyl (C=O) groups is 6. The maximum absolute atomic E-state index is 10.7. The van der Waals surface area contributed by atoms with E-state index in [4.69, 9.17) is 0 Å². The van der Waals surface area contributed by atoms with Gasteiger partial charge < -0.3 is 59.4 Å². The van der Waals surface area contributed by atoms with Gasteiger partial charge in [-0.25, -0.2) is 0 Å². The van der Waals surface area contributed by atoms with Gasteiger partial charge in [0.25, 0.3) is 0 Å². The van der Waals surface area contributed by atoms with Crippen molar-refractivity contribution in [3.05, 3.63) is 143 Å². The number of aromatic carboxylic acids is 6. The van der Waals surface area contributed by atoms with Crippen LogP contribution in [-0.4, -0.2) is 65.7 Å². The van der Waals surface area contributed by atoms with E-state index in [1.165, 1.54) is 110 Å². The molecule has 6 aromatic heterocycles.